The molecule has 0 aliphatic carbocycles. The lowest BCUT2D eigenvalue weighted by molar-refractivity contribution is -0.136. The van der Waals surface area contributed by atoms with Crippen LogP contribution < -0.4 is 0 Å². The molecule has 3 aromatic rings. The number of H-pyrrole nitrogens is 1. The van der Waals surface area contributed by atoms with E-state index >= 15 is 0 Å². The molecule has 90 valence electrons. The molecule has 0 radical (unpaired) electrons. The zero-order valence-corrected chi connectivity index (χ0v) is 9.37. The Morgan fingerprint density at radius 1 is 1.39 bits per heavy atom. The monoisotopic (exact) mass is 242 g/mol. The smallest absolute Gasteiger partial charge is 0.309 e. The van der Waals surface area contributed by atoms with Gasteiger partial charge in [-0.1, -0.05) is 0 Å². The number of aromatic amines is 1. The zero-order chi connectivity index (χ0) is 12.5. The van der Waals surface area contributed by atoms with E-state index in [4.69, 9.17) is 5.11 Å². The molecule has 0 unspecified atom stereocenters. The second-order valence-corrected chi connectivity index (χ2v) is 3.89. The number of nitrogens with one attached hydrogen (secondary N) is 1. The molecular weight excluding hydrogens is 232 g/mol. The van der Waals surface area contributed by atoms with Crippen LogP contribution in [0.25, 0.3) is 17.0 Å². The first-order chi connectivity index (χ1) is 8.74. The maximum atomic E-state index is 10.7. The molecule has 0 spiro atoms. The number of carbonyl (C=O) groups is 1. The van der Waals surface area contributed by atoms with Crippen LogP contribution in [0.2, 0.25) is 0 Å². The number of carboxylic acid groups (broad SMARTS) is 1. The lowest BCUT2D eigenvalue weighted by atomic mass is 10.3. The summed E-state index contributed by atoms with van der Waals surface area (Å²) in [6, 6.07) is 7.45. The molecule has 0 saturated heterocycles. The van der Waals surface area contributed by atoms with Gasteiger partial charge in [0.1, 0.15) is 5.69 Å². The Bertz CT molecular complexity index is 700. The van der Waals surface area contributed by atoms with Crippen molar-refractivity contribution in [1.29, 1.82) is 0 Å². The SMILES string of the molecule is O=C(O)Cc1cnc2ccc(-c3ccc[nH]3)nn12. The number of rotatable bonds is 3. The molecule has 3 rings (SSSR count). The van der Waals surface area contributed by atoms with Crippen molar-refractivity contribution in [2.45, 2.75) is 6.42 Å². The standard InChI is InChI=1S/C12H10N4O2/c17-12(18)6-8-7-14-11-4-3-10(15-16(8)11)9-2-1-5-13-9/h1-5,7,13H,6H2,(H,17,18). The summed E-state index contributed by atoms with van der Waals surface area (Å²) >= 11 is 0. The van der Waals surface area contributed by atoms with Crippen LogP contribution in [0.3, 0.4) is 0 Å². The van der Waals surface area contributed by atoms with E-state index in [1.165, 1.54) is 6.20 Å². The second kappa shape index (κ2) is 3.99. The summed E-state index contributed by atoms with van der Waals surface area (Å²) in [6.07, 6.45) is 3.25. The van der Waals surface area contributed by atoms with E-state index in [0.29, 0.717) is 11.3 Å². The second-order valence-electron chi connectivity index (χ2n) is 3.89. The van der Waals surface area contributed by atoms with Gasteiger partial charge >= 0.3 is 5.97 Å². The highest BCUT2D eigenvalue weighted by Gasteiger charge is 2.10. The Morgan fingerprint density at radius 2 is 2.28 bits per heavy atom. The van der Waals surface area contributed by atoms with Crippen LogP contribution in [-0.4, -0.2) is 30.7 Å². The van der Waals surface area contributed by atoms with Gasteiger partial charge in [0.2, 0.25) is 0 Å². The van der Waals surface area contributed by atoms with E-state index in [1.54, 1.807) is 4.52 Å². The molecule has 0 aliphatic rings. The molecule has 6 heteroatoms. The van der Waals surface area contributed by atoms with Gasteiger partial charge in [-0.25, -0.2) is 9.50 Å². The van der Waals surface area contributed by atoms with Crippen molar-refractivity contribution in [2.75, 3.05) is 0 Å². The molecule has 0 saturated carbocycles. The van der Waals surface area contributed by atoms with Gasteiger partial charge < -0.3 is 10.1 Å². The summed E-state index contributed by atoms with van der Waals surface area (Å²) in [6.45, 7) is 0. The van der Waals surface area contributed by atoms with Gasteiger partial charge in [0, 0.05) is 6.20 Å². The number of carboxylic acids is 1. The van der Waals surface area contributed by atoms with Crippen LogP contribution >= 0.6 is 0 Å². The number of hydrogen-bond donors (Lipinski definition) is 2. The average molecular weight is 242 g/mol. The van der Waals surface area contributed by atoms with Crippen LogP contribution in [0, 0.1) is 0 Å². The van der Waals surface area contributed by atoms with E-state index < -0.39 is 5.97 Å². The number of fused-ring (bicyclic) bond motifs is 1. The van der Waals surface area contributed by atoms with Crippen molar-refractivity contribution in [1.82, 2.24) is 19.6 Å². The fraction of sp³-hybridized carbons (Fsp3) is 0.0833. The summed E-state index contributed by atoms with van der Waals surface area (Å²) in [5, 5.41) is 13.2. The first kappa shape index (κ1) is 10.5. The fourth-order valence-corrected chi connectivity index (χ4v) is 1.83. The predicted molar refractivity (Wildman–Crippen MR) is 64.1 cm³/mol. The van der Waals surface area contributed by atoms with Gasteiger partial charge in [-0.2, -0.15) is 5.10 Å². The van der Waals surface area contributed by atoms with E-state index in [0.717, 1.165) is 11.4 Å². The molecule has 18 heavy (non-hydrogen) atoms. The Morgan fingerprint density at radius 3 is 3.00 bits per heavy atom. The van der Waals surface area contributed by atoms with Crippen LogP contribution in [-0.2, 0) is 11.2 Å². The van der Waals surface area contributed by atoms with Gasteiger partial charge in [-0.3, -0.25) is 4.79 Å². The summed E-state index contributed by atoms with van der Waals surface area (Å²) in [5.74, 6) is -0.899. The highest BCUT2D eigenvalue weighted by Crippen LogP contribution is 2.15. The van der Waals surface area contributed by atoms with E-state index in [-0.39, 0.29) is 6.42 Å². The first-order valence-electron chi connectivity index (χ1n) is 5.43. The molecule has 0 amide bonds. The minimum absolute atomic E-state index is 0.0949. The number of aliphatic carboxylic acids is 1. The number of imidazole rings is 1. The number of nitrogens with zero attached hydrogens (tertiary/aromatic N) is 3. The normalized spacial score (nSPS) is 10.9. The largest absolute Gasteiger partial charge is 0.481 e. The third kappa shape index (κ3) is 1.73. The first-order valence-corrected chi connectivity index (χ1v) is 5.43. The van der Waals surface area contributed by atoms with Crippen LogP contribution in [0.5, 0.6) is 0 Å². The molecule has 0 fully saturated rings. The molecule has 2 N–H and O–H groups in total. The maximum absolute atomic E-state index is 10.7. The summed E-state index contributed by atoms with van der Waals surface area (Å²) in [5.41, 5.74) is 2.83. The molecule has 0 aromatic carbocycles. The summed E-state index contributed by atoms with van der Waals surface area (Å²) < 4.78 is 1.56. The zero-order valence-electron chi connectivity index (χ0n) is 9.37. The molecule has 0 aliphatic heterocycles. The number of aromatic nitrogens is 4. The fourth-order valence-electron chi connectivity index (χ4n) is 1.83. The van der Waals surface area contributed by atoms with E-state index in [2.05, 4.69) is 15.1 Å². The van der Waals surface area contributed by atoms with Gasteiger partial charge in [-0.05, 0) is 24.3 Å². The maximum Gasteiger partial charge on any atom is 0.309 e. The molecule has 6 nitrogen and oxygen atoms in total. The van der Waals surface area contributed by atoms with Crippen molar-refractivity contribution in [3.63, 3.8) is 0 Å². The topological polar surface area (TPSA) is 83.3 Å². The Hall–Kier alpha value is -2.63. The van der Waals surface area contributed by atoms with Crippen LogP contribution in [0.1, 0.15) is 5.69 Å². The van der Waals surface area contributed by atoms with Crippen molar-refractivity contribution in [3.8, 4) is 11.4 Å². The lowest BCUT2D eigenvalue weighted by Gasteiger charge is -2.01. The molecule has 0 atom stereocenters. The van der Waals surface area contributed by atoms with Gasteiger partial charge in [0.05, 0.1) is 24.0 Å². The van der Waals surface area contributed by atoms with Crippen molar-refractivity contribution < 1.29 is 9.90 Å². The lowest BCUT2D eigenvalue weighted by Crippen LogP contribution is -2.05. The molecule has 3 aromatic heterocycles. The summed E-state index contributed by atoms with van der Waals surface area (Å²) in [4.78, 5) is 17.9. The van der Waals surface area contributed by atoms with Gasteiger partial charge in [0.15, 0.2) is 5.65 Å². The summed E-state index contributed by atoms with van der Waals surface area (Å²) in [7, 11) is 0. The van der Waals surface area contributed by atoms with Crippen LogP contribution in [0.15, 0.2) is 36.7 Å². The van der Waals surface area contributed by atoms with E-state index in [9.17, 15) is 4.79 Å². The molecular formula is C12H10N4O2. The third-order valence-corrected chi connectivity index (χ3v) is 2.64. The minimum atomic E-state index is -0.899. The Labute approximate surface area is 102 Å². The quantitative estimate of drug-likeness (QED) is 0.726. The molecule has 3 heterocycles. The third-order valence-electron chi connectivity index (χ3n) is 2.64. The average Bonchev–Trinajstić information content (AvgIpc) is 2.98. The molecule has 0 bridgehead atoms. The Kier molecular flexibility index (Phi) is 2.33. The highest BCUT2D eigenvalue weighted by molar-refractivity contribution is 5.70. The van der Waals surface area contributed by atoms with Gasteiger partial charge in [0.25, 0.3) is 0 Å². The van der Waals surface area contributed by atoms with Gasteiger partial charge in [-0.15, -0.1) is 0 Å². The van der Waals surface area contributed by atoms with Crippen molar-refractivity contribution in [2.24, 2.45) is 0 Å². The Balaban J connectivity index is 2.12. The number of hydrogen-bond acceptors (Lipinski definition) is 3. The predicted octanol–water partition coefficient (Wildman–Crippen LogP) is 1.35. The minimum Gasteiger partial charge on any atom is -0.481 e. The van der Waals surface area contributed by atoms with E-state index in [1.807, 2.05) is 30.5 Å². The van der Waals surface area contributed by atoms with Crippen molar-refractivity contribution in [3.05, 3.63) is 42.4 Å². The van der Waals surface area contributed by atoms with Crippen LogP contribution in [0.4, 0.5) is 0 Å². The highest BCUT2D eigenvalue weighted by atomic mass is 16.4. The van der Waals surface area contributed by atoms with Crippen molar-refractivity contribution >= 4 is 11.6 Å².